The lowest BCUT2D eigenvalue weighted by Crippen LogP contribution is -2.02. The number of aryl methyl sites for hydroxylation is 3. The van der Waals surface area contributed by atoms with Crippen molar-refractivity contribution >= 4 is 5.65 Å². The van der Waals surface area contributed by atoms with Gasteiger partial charge < -0.3 is 4.74 Å². The van der Waals surface area contributed by atoms with Crippen molar-refractivity contribution in [3.63, 3.8) is 0 Å². The first kappa shape index (κ1) is 18.1. The molecule has 4 aromatic heterocycles. The van der Waals surface area contributed by atoms with Crippen LogP contribution in [0, 0.1) is 13.8 Å². The fourth-order valence-electron chi connectivity index (χ4n) is 3.03. The molecule has 1 aliphatic rings. The van der Waals surface area contributed by atoms with Gasteiger partial charge in [-0.3, -0.25) is 4.68 Å². The maximum absolute atomic E-state index is 4.80. The number of ether oxygens (including phenoxy) is 1. The molecular weight excluding hydrogens is 354 g/mol. The van der Waals surface area contributed by atoms with Crippen LogP contribution in [-0.4, -0.2) is 41.7 Å². The predicted molar refractivity (Wildman–Crippen MR) is 105 cm³/mol. The SMILES string of the molecule is COc1ccccn1.Cc1cc(-c2cc(C3CC3)nn2C)nn2c(C)nnc12. The highest BCUT2D eigenvalue weighted by Crippen LogP contribution is 2.40. The fourth-order valence-corrected chi connectivity index (χ4v) is 3.03. The van der Waals surface area contributed by atoms with Gasteiger partial charge in [-0.25, -0.2) is 4.98 Å². The van der Waals surface area contributed by atoms with E-state index in [0.29, 0.717) is 11.8 Å². The summed E-state index contributed by atoms with van der Waals surface area (Å²) in [5.74, 6) is 2.11. The van der Waals surface area contributed by atoms with E-state index in [2.05, 4.69) is 37.5 Å². The molecule has 1 aliphatic carbocycles. The molecule has 28 heavy (non-hydrogen) atoms. The Kier molecular flexibility index (Phi) is 4.77. The summed E-state index contributed by atoms with van der Waals surface area (Å²) in [6, 6.07) is 9.75. The van der Waals surface area contributed by atoms with Gasteiger partial charge in [-0.05, 0) is 50.5 Å². The average Bonchev–Trinajstić information content (AvgIpc) is 3.39. The summed E-state index contributed by atoms with van der Waals surface area (Å²) in [6.45, 7) is 3.95. The van der Waals surface area contributed by atoms with Crippen molar-refractivity contribution in [2.45, 2.75) is 32.6 Å². The van der Waals surface area contributed by atoms with Crippen LogP contribution in [0.25, 0.3) is 17.0 Å². The molecule has 0 spiro atoms. The molecule has 0 aliphatic heterocycles. The Morgan fingerprint density at radius 3 is 2.54 bits per heavy atom. The normalized spacial score (nSPS) is 13.3. The summed E-state index contributed by atoms with van der Waals surface area (Å²) in [6.07, 6.45) is 4.21. The third kappa shape index (κ3) is 3.58. The Labute approximate surface area is 163 Å². The molecule has 144 valence electrons. The minimum atomic E-state index is 0.649. The molecule has 4 aromatic rings. The third-order valence-electron chi connectivity index (χ3n) is 4.71. The molecule has 0 atom stereocenters. The average molecular weight is 377 g/mol. The molecule has 0 N–H and O–H groups in total. The molecule has 0 amide bonds. The van der Waals surface area contributed by atoms with Crippen LogP contribution in [0.5, 0.6) is 5.88 Å². The van der Waals surface area contributed by atoms with Crippen molar-refractivity contribution in [1.82, 2.24) is 34.6 Å². The first-order valence-corrected chi connectivity index (χ1v) is 9.26. The molecule has 0 aromatic carbocycles. The maximum atomic E-state index is 4.80. The lowest BCUT2D eigenvalue weighted by Gasteiger charge is -2.04. The Morgan fingerprint density at radius 2 is 1.89 bits per heavy atom. The van der Waals surface area contributed by atoms with Crippen LogP contribution in [0.4, 0.5) is 0 Å². The number of hydrogen-bond acceptors (Lipinski definition) is 6. The molecule has 0 radical (unpaired) electrons. The number of pyridine rings is 1. The molecule has 1 saturated carbocycles. The quantitative estimate of drug-likeness (QED) is 0.545. The van der Waals surface area contributed by atoms with Crippen molar-refractivity contribution < 1.29 is 4.74 Å². The molecule has 0 bridgehead atoms. The van der Waals surface area contributed by atoms with E-state index in [1.807, 2.05) is 37.7 Å². The van der Waals surface area contributed by atoms with E-state index < -0.39 is 0 Å². The van der Waals surface area contributed by atoms with Crippen LogP contribution in [0.3, 0.4) is 0 Å². The standard InChI is InChI=1S/C14H16N6.C6H7NO/c1-8-6-12(18-20-9(2)15-16-14(8)20)13-7-11(10-4-5-10)17-19(13)3;1-8-6-4-2-3-5-7-6/h6-7,10H,4-5H2,1-3H3;2-5H,1H3. The van der Waals surface area contributed by atoms with E-state index >= 15 is 0 Å². The number of methoxy groups -OCH3 is 1. The fraction of sp³-hybridized carbons (Fsp3) is 0.350. The summed E-state index contributed by atoms with van der Waals surface area (Å²) in [4.78, 5) is 3.88. The van der Waals surface area contributed by atoms with Crippen LogP contribution in [0.1, 0.15) is 35.8 Å². The minimum Gasteiger partial charge on any atom is -0.481 e. The number of fused-ring (bicyclic) bond motifs is 1. The van der Waals surface area contributed by atoms with Gasteiger partial charge in [0.1, 0.15) is 5.69 Å². The van der Waals surface area contributed by atoms with E-state index in [0.717, 1.165) is 28.4 Å². The molecule has 0 unspecified atom stereocenters. The Bertz CT molecular complexity index is 1100. The highest BCUT2D eigenvalue weighted by molar-refractivity contribution is 5.60. The summed E-state index contributed by atoms with van der Waals surface area (Å²) in [5.41, 5.74) is 5.04. The van der Waals surface area contributed by atoms with Crippen LogP contribution < -0.4 is 4.74 Å². The van der Waals surface area contributed by atoms with Gasteiger partial charge in [-0.2, -0.15) is 14.7 Å². The molecule has 0 saturated heterocycles. The monoisotopic (exact) mass is 377 g/mol. The molecule has 8 heteroatoms. The summed E-state index contributed by atoms with van der Waals surface area (Å²) in [7, 11) is 3.57. The van der Waals surface area contributed by atoms with Gasteiger partial charge >= 0.3 is 0 Å². The van der Waals surface area contributed by atoms with E-state index in [4.69, 9.17) is 4.74 Å². The van der Waals surface area contributed by atoms with Crippen LogP contribution >= 0.6 is 0 Å². The Balaban J connectivity index is 0.000000203. The second-order valence-electron chi connectivity index (χ2n) is 6.92. The highest BCUT2D eigenvalue weighted by atomic mass is 16.5. The zero-order valence-electron chi connectivity index (χ0n) is 16.5. The molecular formula is C20H23N7O. The third-order valence-corrected chi connectivity index (χ3v) is 4.71. The van der Waals surface area contributed by atoms with Crippen molar-refractivity contribution in [3.05, 3.63) is 53.6 Å². The smallest absolute Gasteiger partial charge is 0.212 e. The van der Waals surface area contributed by atoms with Crippen molar-refractivity contribution in [1.29, 1.82) is 0 Å². The van der Waals surface area contributed by atoms with Crippen LogP contribution in [-0.2, 0) is 7.05 Å². The topological polar surface area (TPSA) is 83.0 Å². The number of hydrogen-bond donors (Lipinski definition) is 0. The van der Waals surface area contributed by atoms with E-state index in [1.165, 1.54) is 18.5 Å². The molecule has 5 rings (SSSR count). The van der Waals surface area contributed by atoms with Crippen LogP contribution in [0.2, 0.25) is 0 Å². The van der Waals surface area contributed by atoms with Gasteiger partial charge in [0.15, 0.2) is 11.5 Å². The summed E-state index contributed by atoms with van der Waals surface area (Å²) >= 11 is 0. The van der Waals surface area contributed by atoms with E-state index in [9.17, 15) is 0 Å². The zero-order chi connectivity index (χ0) is 19.7. The van der Waals surface area contributed by atoms with Gasteiger partial charge in [-0.1, -0.05) is 6.07 Å². The van der Waals surface area contributed by atoms with Gasteiger partial charge in [-0.15, -0.1) is 10.2 Å². The Hall–Kier alpha value is -3.29. The Morgan fingerprint density at radius 1 is 1.07 bits per heavy atom. The van der Waals surface area contributed by atoms with E-state index in [1.54, 1.807) is 23.9 Å². The predicted octanol–water partition coefficient (Wildman–Crippen LogP) is 3.11. The first-order chi connectivity index (χ1) is 13.6. The maximum Gasteiger partial charge on any atom is 0.212 e. The van der Waals surface area contributed by atoms with Crippen molar-refractivity contribution in [3.8, 4) is 17.3 Å². The van der Waals surface area contributed by atoms with Crippen LogP contribution in [0.15, 0.2) is 36.5 Å². The van der Waals surface area contributed by atoms with Crippen molar-refractivity contribution in [2.24, 2.45) is 7.05 Å². The van der Waals surface area contributed by atoms with Gasteiger partial charge in [0.25, 0.3) is 0 Å². The van der Waals surface area contributed by atoms with Gasteiger partial charge in [0, 0.05) is 25.2 Å². The van der Waals surface area contributed by atoms with Crippen molar-refractivity contribution in [2.75, 3.05) is 7.11 Å². The lowest BCUT2D eigenvalue weighted by molar-refractivity contribution is 0.398. The largest absolute Gasteiger partial charge is 0.481 e. The van der Waals surface area contributed by atoms with Gasteiger partial charge in [0.2, 0.25) is 5.88 Å². The number of nitrogens with zero attached hydrogens (tertiary/aromatic N) is 7. The number of rotatable bonds is 3. The summed E-state index contributed by atoms with van der Waals surface area (Å²) < 4.78 is 8.52. The van der Waals surface area contributed by atoms with Gasteiger partial charge in [0.05, 0.1) is 18.5 Å². The molecule has 1 fully saturated rings. The second kappa shape index (κ2) is 7.38. The van der Waals surface area contributed by atoms with E-state index in [-0.39, 0.29) is 0 Å². The number of aromatic nitrogens is 7. The zero-order valence-corrected chi connectivity index (χ0v) is 16.5. The molecule has 4 heterocycles. The molecule has 8 nitrogen and oxygen atoms in total. The minimum absolute atomic E-state index is 0.649. The highest BCUT2D eigenvalue weighted by Gasteiger charge is 2.27. The first-order valence-electron chi connectivity index (χ1n) is 9.26. The lowest BCUT2D eigenvalue weighted by atomic mass is 10.2. The summed E-state index contributed by atoms with van der Waals surface area (Å²) in [5, 5.41) is 17.5. The second-order valence-corrected chi connectivity index (χ2v) is 6.92.